The Morgan fingerprint density at radius 1 is 1.17 bits per heavy atom. The minimum absolute atomic E-state index is 0.0490. The van der Waals surface area contributed by atoms with Gasteiger partial charge in [0.1, 0.15) is 11.9 Å². The summed E-state index contributed by atoms with van der Waals surface area (Å²) in [5, 5.41) is 12.8. The molecule has 0 bridgehead atoms. The Morgan fingerprint density at radius 3 is 2.33 bits per heavy atom. The molecule has 0 heterocycles. The Labute approximate surface area is 181 Å². The molecule has 0 unspecified atom stereocenters. The Morgan fingerprint density at radius 2 is 1.80 bits per heavy atom. The van der Waals surface area contributed by atoms with E-state index in [9.17, 15) is 19.1 Å². The molecule has 2 amide bonds. The number of aliphatic hydroxyl groups is 1. The number of carbonyl (C=O) groups is 2. The van der Waals surface area contributed by atoms with Crippen LogP contribution >= 0.6 is 11.6 Å². The lowest BCUT2D eigenvalue weighted by atomic mass is 9.75. The summed E-state index contributed by atoms with van der Waals surface area (Å²) in [5.74, 6) is -1.81. The van der Waals surface area contributed by atoms with Gasteiger partial charge in [-0.05, 0) is 23.1 Å². The number of halogens is 2. The SMILES string of the molecule is CC(=O)N(C)[C@H](C(=O)NC[C@H](c1ccccc1)C(C)(C)CO)c1c(F)cccc1Cl. The van der Waals surface area contributed by atoms with Crippen LogP contribution < -0.4 is 5.32 Å². The molecular weight excluding hydrogens is 407 g/mol. The van der Waals surface area contributed by atoms with Crippen LogP contribution in [0.4, 0.5) is 4.39 Å². The summed E-state index contributed by atoms with van der Waals surface area (Å²) in [7, 11) is 1.43. The van der Waals surface area contributed by atoms with Crippen molar-refractivity contribution in [3.8, 4) is 0 Å². The lowest BCUT2D eigenvalue weighted by molar-refractivity contribution is -0.137. The molecule has 0 radical (unpaired) electrons. The maximum absolute atomic E-state index is 14.6. The second kappa shape index (κ2) is 10.0. The number of rotatable bonds is 8. The molecule has 30 heavy (non-hydrogen) atoms. The molecule has 2 N–H and O–H groups in total. The molecular formula is C23H28ClFN2O3. The first-order valence-electron chi connectivity index (χ1n) is 9.71. The monoisotopic (exact) mass is 434 g/mol. The quantitative estimate of drug-likeness (QED) is 0.661. The van der Waals surface area contributed by atoms with E-state index in [0.29, 0.717) is 0 Å². The van der Waals surface area contributed by atoms with E-state index in [4.69, 9.17) is 11.6 Å². The fourth-order valence-corrected chi connectivity index (χ4v) is 3.66. The first-order chi connectivity index (χ1) is 14.1. The Bertz CT molecular complexity index is 869. The van der Waals surface area contributed by atoms with Crippen LogP contribution in [0.5, 0.6) is 0 Å². The maximum atomic E-state index is 14.6. The van der Waals surface area contributed by atoms with Gasteiger partial charge in [-0.3, -0.25) is 9.59 Å². The number of carbonyl (C=O) groups excluding carboxylic acids is 2. The normalized spacial score (nSPS) is 13.4. The lowest BCUT2D eigenvalue weighted by Gasteiger charge is -2.34. The van der Waals surface area contributed by atoms with Crippen LogP contribution in [0.25, 0.3) is 0 Å². The van der Waals surface area contributed by atoms with Crippen molar-refractivity contribution in [3.63, 3.8) is 0 Å². The number of hydrogen-bond acceptors (Lipinski definition) is 3. The minimum atomic E-state index is -1.22. The van der Waals surface area contributed by atoms with Gasteiger partial charge in [0, 0.05) is 43.6 Å². The van der Waals surface area contributed by atoms with Crippen LogP contribution in [0.15, 0.2) is 48.5 Å². The third-order valence-electron chi connectivity index (χ3n) is 5.44. The second-order valence-corrected chi connectivity index (χ2v) is 8.43. The number of amides is 2. The van der Waals surface area contributed by atoms with Gasteiger partial charge < -0.3 is 15.3 Å². The van der Waals surface area contributed by atoms with E-state index in [0.717, 1.165) is 10.5 Å². The fourth-order valence-electron chi connectivity index (χ4n) is 3.39. The van der Waals surface area contributed by atoms with E-state index >= 15 is 0 Å². The molecule has 0 fully saturated rings. The van der Waals surface area contributed by atoms with E-state index in [1.165, 1.54) is 32.2 Å². The minimum Gasteiger partial charge on any atom is -0.396 e. The zero-order valence-electron chi connectivity index (χ0n) is 17.7. The molecule has 2 aromatic carbocycles. The number of nitrogens with zero attached hydrogens (tertiary/aromatic N) is 1. The van der Waals surface area contributed by atoms with E-state index in [1.54, 1.807) is 0 Å². The molecule has 2 atom stereocenters. The van der Waals surface area contributed by atoms with Crippen molar-refractivity contribution in [3.05, 3.63) is 70.5 Å². The highest BCUT2D eigenvalue weighted by atomic mass is 35.5. The fraction of sp³-hybridized carbons (Fsp3) is 0.391. The van der Waals surface area contributed by atoms with Crippen molar-refractivity contribution < 1.29 is 19.1 Å². The van der Waals surface area contributed by atoms with Gasteiger partial charge in [0.15, 0.2) is 0 Å². The van der Waals surface area contributed by atoms with Gasteiger partial charge in [0.05, 0.1) is 0 Å². The molecule has 5 nitrogen and oxygen atoms in total. The van der Waals surface area contributed by atoms with Crippen LogP contribution in [0.2, 0.25) is 5.02 Å². The van der Waals surface area contributed by atoms with Crippen molar-refractivity contribution in [2.45, 2.75) is 32.7 Å². The van der Waals surface area contributed by atoms with Gasteiger partial charge >= 0.3 is 0 Å². The molecule has 2 rings (SSSR count). The average molecular weight is 435 g/mol. The topological polar surface area (TPSA) is 69.6 Å². The van der Waals surface area contributed by atoms with Crippen molar-refractivity contribution >= 4 is 23.4 Å². The molecule has 0 aliphatic rings. The molecule has 0 aliphatic heterocycles. The van der Waals surface area contributed by atoms with Crippen molar-refractivity contribution in [1.29, 1.82) is 0 Å². The molecule has 0 spiro atoms. The summed E-state index contributed by atoms with van der Waals surface area (Å²) in [4.78, 5) is 26.3. The number of nitrogens with one attached hydrogen (secondary N) is 1. The zero-order valence-corrected chi connectivity index (χ0v) is 18.4. The third-order valence-corrected chi connectivity index (χ3v) is 5.77. The largest absolute Gasteiger partial charge is 0.396 e. The Kier molecular flexibility index (Phi) is 7.98. The Balaban J connectivity index is 2.35. The van der Waals surface area contributed by atoms with Crippen molar-refractivity contribution in [2.24, 2.45) is 5.41 Å². The standard InChI is InChI=1S/C23H28ClFN2O3/c1-15(29)27(4)21(20-18(24)11-8-12-19(20)25)22(30)26-13-17(23(2,3)14-28)16-9-6-5-7-10-16/h5-12,17,21,28H,13-14H2,1-4H3,(H,26,30)/t17-,21+/m1/s1. The first kappa shape index (κ1) is 23.8. The molecule has 7 heteroatoms. The summed E-state index contributed by atoms with van der Waals surface area (Å²) in [6.07, 6.45) is 0. The van der Waals surface area contributed by atoms with Gasteiger partial charge in [-0.1, -0.05) is 61.8 Å². The van der Waals surface area contributed by atoms with Gasteiger partial charge in [-0.25, -0.2) is 4.39 Å². The summed E-state index contributed by atoms with van der Waals surface area (Å²) in [6, 6.07) is 12.5. The smallest absolute Gasteiger partial charge is 0.247 e. The maximum Gasteiger partial charge on any atom is 0.247 e. The highest BCUT2D eigenvalue weighted by molar-refractivity contribution is 6.31. The van der Waals surface area contributed by atoms with Crippen molar-refractivity contribution in [1.82, 2.24) is 10.2 Å². The third kappa shape index (κ3) is 5.37. The predicted molar refractivity (Wildman–Crippen MR) is 116 cm³/mol. The summed E-state index contributed by atoms with van der Waals surface area (Å²) in [6.45, 7) is 5.23. The van der Waals surface area contributed by atoms with Crippen molar-refractivity contribution in [2.75, 3.05) is 20.2 Å². The number of benzene rings is 2. The zero-order chi connectivity index (χ0) is 22.5. The van der Waals surface area contributed by atoms with Crippen LogP contribution in [-0.4, -0.2) is 42.0 Å². The lowest BCUT2D eigenvalue weighted by Crippen LogP contribution is -2.44. The molecule has 162 valence electrons. The van der Waals surface area contributed by atoms with Crippen LogP contribution in [-0.2, 0) is 9.59 Å². The van der Waals surface area contributed by atoms with E-state index < -0.39 is 29.1 Å². The van der Waals surface area contributed by atoms with Gasteiger partial charge in [0.25, 0.3) is 0 Å². The van der Waals surface area contributed by atoms with Gasteiger partial charge in [-0.2, -0.15) is 0 Å². The highest BCUT2D eigenvalue weighted by Crippen LogP contribution is 2.35. The number of likely N-dealkylation sites (N-methyl/N-ethyl adjacent to an activating group) is 1. The molecule has 2 aromatic rings. The summed E-state index contributed by atoms with van der Waals surface area (Å²) >= 11 is 6.18. The Hall–Kier alpha value is -2.44. The summed E-state index contributed by atoms with van der Waals surface area (Å²) < 4.78 is 14.6. The van der Waals surface area contributed by atoms with Crippen LogP contribution in [0.1, 0.15) is 43.9 Å². The molecule has 0 aromatic heterocycles. The first-order valence-corrected chi connectivity index (χ1v) is 10.1. The van der Waals surface area contributed by atoms with Gasteiger partial charge in [0.2, 0.25) is 11.8 Å². The number of hydrogen-bond donors (Lipinski definition) is 2. The number of aliphatic hydroxyl groups excluding tert-OH is 1. The molecule has 0 saturated heterocycles. The van der Waals surface area contributed by atoms with E-state index in [2.05, 4.69) is 5.32 Å². The van der Waals surface area contributed by atoms with Crippen LogP contribution in [0.3, 0.4) is 0 Å². The highest BCUT2D eigenvalue weighted by Gasteiger charge is 2.34. The molecule has 0 saturated carbocycles. The van der Waals surface area contributed by atoms with E-state index in [1.807, 2.05) is 44.2 Å². The van der Waals surface area contributed by atoms with E-state index in [-0.39, 0.29) is 29.7 Å². The second-order valence-electron chi connectivity index (χ2n) is 8.02. The predicted octanol–water partition coefficient (Wildman–Crippen LogP) is 3.92. The van der Waals surface area contributed by atoms with Crippen LogP contribution in [0, 0.1) is 11.2 Å². The molecule has 0 aliphatic carbocycles. The van der Waals surface area contributed by atoms with Gasteiger partial charge in [-0.15, -0.1) is 0 Å². The average Bonchev–Trinajstić information content (AvgIpc) is 2.71. The summed E-state index contributed by atoms with van der Waals surface area (Å²) in [5.41, 5.74) is 0.385.